The molecular weight excluding hydrogens is 238 g/mol. The summed E-state index contributed by atoms with van der Waals surface area (Å²) in [6.07, 6.45) is 0.880. The normalized spacial score (nSPS) is 10.3. The van der Waals surface area contributed by atoms with Gasteiger partial charge in [-0.1, -0.05) is 19.1 Å². The molecule has 0 atom stereocenters. The minimum Gasteiger partial charge on any atom is -0.395 e. The summed E-state index contributed by atoms with van der Waals surface area (Å²) in [5.41, 5.74) is 1.63. The Hall–Kier alpha value is -1.06. The molecule has 17 heavy (non-hydrogen) atoms. The lowest BCUT2D eigenvalue weighted by atomic mass is 10.1. The number of hydrogen-bond acceptors (Lipinski definition) is 2. The van der Waals surface area contributed by atoms with Gasteiger partial charge >= 0.3 is 0 Å². The molecule has 1 amide bonds. The van der Waals surface area contributed by atoms with E-state index in [1.165, 1.54) is 0 Å². The van der Waals surface area contributed by atoms with Crippen molar-refractivity contribution in [3.8, 4) is 0 Å². The van der Waals surface area contributed by atoms with Gasteiger partial charge in [-0.3, -0.25) is 4.79 Å². The van der Waals surface area contributed by atoms with E-state index in [2.05, 4.69) is 0 Å². The first-order chi connectivity index (χ1) is 8.22. The van der Waals surface area contributed by atoms with Gasteiger partial charge in [0.1, 0.15) is 0 Å². The predicted molar refractivity (Wildman–Crippen MR) is 69.3 cm³/mol. The van der Waals surface area contributed by atoms with Gasteiger partial charge in [0, 0.05) is 24.5 Å². The van der Waals surface area contributed by atoms with E-state index in [0.717, 1.165) is 12.0 Å². The van der Waals surface area contributed by atoms with Gasteiger partial charge in [0.15, 0.2) is 0 Å². The molecule has 1 N–H and O–H groups in total. The van der Waals surface area contributed by atoms with Crippen LogP contribution in [-0.4, -0.2) is 35.6 Å². The standard InChI is InChI=1S/C13H18ClNO2/c1-2-7-15(8-9-16)13(17)12-5-3-11(10-14)4-6-12/h3-6,16H,2,7-10H2,1H3. The van der Waals surface area contributed by atoms with E-state index in [4.69, 9.17) is 16.7 Å². The molecule has 3 nitrogen and oxygen atoms in total. The zero-order valence-electron chi connectivity index (χ0n) is 10.0. The van der Waals surface area contributed by atoms with Crippen LogP contribution in [0.4, 0.5) is 0 Å². The number of halogens is 1. The van der Waals surface area contributed by atoms with E-state index in [1.807, 2.05) is 19.1 Å². The minimum atomic E-state index is -0.0398. The van der Waals surface area contributed by atoms with Crippen LogP contribution in [0.25, 0.3) is 0 Å². The fraction of sp³-hybridized carbons (Fsp3) is 0.462. The number of alkyl halides is 1. The third-order valence-corrected chi connectivity index (χ3v) is 2.81. The fourth-order valence-corrected chi connectivity index (χ4v) is 1.80. The van der Waals surface area contributed by atoms with Crippen LogP contribution < -0.4 is 0 Å². The molecule has 0 radical (unpaired) electrons. The summed E-state index contributed by atoms with van der Waals surface area (Å²) in [6, 6.07) is 7.26. The smallest absolute Gasteiger partial charge is 0.253 e. The quantitative estimate of drug-likeness (QED) is 0.793. The zero-order chi connectivity index (χ0) is 12.7. The second kappa shape index (κ2) is 7.30. The summed E-state index contributed by atoms with van der Waals surface area (Å²) in [6.45, 7) is 3.04. The molecule has 0 heterocycles. The number of rotatable bonds is 6. The van der Waals surface area contributed by atoms with Gasteiger partial charge in [0.05, 0.1) is 6.61 Å². The Morgan fingerprint density at radius 1 is 1.29 bits per heavy atom. The SMILES string of the molecule is CCCN(CCO)C(=O)c1ccc(CCl)cc1. The van der Waals surface area contributed by atoms with Crippen molar-refractivity contribution in [1.29, 1.82) is 0 Å². The van der Waals surface area contributed by atoms with Gasteiger partial charge in [-0.2, -0.15) is 0 Å². The summed E-state index contributed by atoms with van der Waals surface area (Å²) in [5, 5.41) is 8.93. The number of benzene rings is 1. The molecule has 0 saturated heterocycles. The Morgan fingerprint density at radius 3 is 2.41 bits per heavy atom. The highest BCUT2D eigenvalue weighted by Crippen LogP contribution is 2.09. The van der Waals surface area contributed by atoms with Crippen molar-refractivity contribution in [2.45, 2.75) is 19.2 Å². The average Bonchev–Trinajstić information content (AvgIpc) is 2.38. The molecule has 0 aliphatic heterocycles. The van der Waals surface area contributed by atoms with Crippen LogP contribution >= 0.6 is 11.6 Å². The summed E-state index contributed by atoms with van der Waals surface area (Å²) in [5.74, 6) is 0.408. The van der Waals surface area contributed by atoms with Crippen LogP contribution in [0.1, 0.15) is 29.3 Å². The first-order valence-electron chi connectivity index (χ1n) is 5.78. The van der Waals surface area contributed by atoms with E-state index in [-0.39, 0.29) is 12.5 Å². The number of carbonyl (C=O) groups excluding carboxylic acids is 1. The van der Waals surface area contributed by atoms with Gasteiger partial charge < -0.3 is 10.0 Å². The molecule has 0 aromatic heterocycles. The van der Waals surface area contributed by atoms with Gasteiger partial charge in [0.2, 0.25) is 0 Å². The molecule has 0 bridgehead atoms. The average molecular weight is 256 g/mol. The number of aliphatic hydroxyl groups excluding tert-OH is 1. The largest absolute Gasteiger partial charge is 0.395 e. The van der Waals surface area contributed by atoms with Gasteiger partial charge in [-0.15, -0.1) is 11.6 Å². The molecule has 94 valence electrons. The monoisotopic (exact) mass is 255 g/mol. The number of amides is 1. The molecular formula is C13H18ClNO2. The Kier molecular flexibility index (Phi) is 6.01. The van der Waals surface area contributed by atoms with E-state index in [9.17, 15) is 4.79 Å². The van der Waals surface area contributed by atoms with Crippen molar-refractivity contribution >= 4 is 17.5 Å². The molecule has 0 unspecified atom stereocenters. The first-order valence-corrected chi connectivity index (χ1v) is 6.31. The second-order valence-corrected chi connectivity index (χ2v) is 4.11. The topological polar surface area (TPSA) is 40.5 Å². The fourth-order valence-electron chi connectivity index (χ4n) is 1.62. The molecule has 1 aromatic rings. The summed E-state index contributed by atoms with van der Waals surface area (Å²) in [7, 11) is 0. The first kappa shape index (κ1) is 14.0. The molecule has 1 aromatic carbocycles. The van der Waals surface area contributed by atoms with Crippen LogP contribution in [0, 0.1) is 0 Å². The van der Waals surface area contributed by atoms with E-state index < -0.39 is 0 Å². The highest BCUT2D eigenvalue weighted by atomic mass is 35.5. The lowest BCUT2D eigenvalue weighted by Crippen LogP contribution is -2.34. The van der Waals surface area contributed by atoms with Crippen LogP contribution in [0.5, 0.6) is 0 Å². The summed E-state index contributed by atoms with van der Waals surface area (Å²) < 4.78 is 0. The highest BCUT2D eigenvalue weighted by Gasteiger charge is 2.13. The van der Waals surface area contributed by atoms with Gasteiger partial charge in [-0.05, 0) is 24.1 Å². The van der Waals surface area contributed by atoms with Crippen LogP contribution in [-0.2, 0) is 5.88 Å². The van der Waals surface area contributed by atoms with Crippen molar-refractivity contribution in [3.05, 3.63) is 35.4 Å². The van der Waals surface area contributed by atoms with Crippen LogP contribution in [0.2, 0.25) is 0 Å². The molecule has 0 fully saturated rings. The molecule has 0 aliphatic rings. The Bertz CT molecular complexity index is 345. The Labute approximate surface area is 107 Å². The van der Waals surface area contributed by atoms with E-state index in [1.54, 1.807) is 17.0 Å². The van der Waals surface area contributed by atoms with E-state index in [0.29, 0.717) is 24.5 Å². The number of aliphatic hydroxyl groups is 1. The Morgan fingerprint density at radius 2 is 1.94 bits per heavy atom. The second-order valence-electron chi connectivity index (χ2n) is 3.85. The Balaban J connectivity index is 2.77. The summed E-state index contributed by atoms with van der Waals surface area (Å²) >= 11 is 5.69. The molecule has 0 saturated carbocycles. The van der Waals surface area contributed by atoms with Crippen molar-refractivity contribution < 1.29 is 9.90 Å². The maximum absolute atomic E-state index is 12.1. The summed E-state index contributed by atoms with van der Waals surface area (Å²) in [4.78, 5) is 13.8. The zero-order valence-corrected chi connectivity index (χ0v) is 10.8. The predicted octanol–water partition coefficient (Wildman–Crippen LogP) is 2.27. The maximum atomic E-state index is 12.1. The third kappa shape index (κ3) is 4.02. The van der Waals surface area contributed by atoms with Crippen molar-refractivity contribution in [2.75, 3.05) is 19.7 Å². The molecule has 1 rings (SSSR count). The number of carbonyl (C=O) groups is 1. The van der Waals surface area contributed by atoms with Crippen LogP contribution in [0.3, 0.4) is 0 Å². The number of nitrogens with zero attached hydrogens (tertiary/aromatic N) is 1. The lowest BCUT2D eigenvalue weighted by molar-refractivity contribution is 0.0722. The third-order valence-electron chi connectivity index (χ3n) is 2.51. The molecule has 4 heteroatoms. The van der Waals surface area contributed by atoms with E-state index >= 15 is 0 Å². The maximum Gasteiger partial charge on any atom is 0.253 e. The molecule has 0 aliphatic carbocycles. The number of hydrogen-bond donors (Lipinski definition) is 1. The van der Waals surface area contributed by atoms with Crippen molar-refractivity contribution in [1.82, 2.24) is 4.90 Å². The van der Waals surface area contributed by atoms with Gasteiger partial charge in [0.25, 0.3) is 5.91 Å². The molecule has 0 spiro atoms. The van der Waals surface area contributed by atoms with Crippen LogP contribution in [0.15, 0.2) is 24.3 Å². The van der Waals surface area contributed by atoms with Crippen molar-refractivity contribution in [3.63, 3.8) is 0 Å². The van der Waals surface area contributed by atoms with Gasteiger partial charge in [-0.25, -0.2) is 0 Å². The minimum absolute atomic E-state index is 0.00843. The lowest BCUT2D eigenvalue weighted by Gasteiger charge is -2.21. The highest BCUT2D eigenvalue weighted by molar-refractivity contribution is 6.17. The van der Waals surface area contributed by atoms with Crippen molar-refractivity contribution in [2.24, 2.45) is 0 Å².